The molecular formula is C14H22N2O. The minimum Gasteiger partial charge on any atom is -0.385 e. The van der Waals surface area contributed by atoms with E-state index < -0.39 is 0 Å². The number of carbonyl (C=O) groups excluding carboxylic acids is 1. The maximum atomic E-state index is 11.2. The zero-order valence-corrected chi connectivity index (χ0v) is 10.9. The molecule has 1 aromatic carbocycles. The molecule has 0 saturated carbocycles. The second-order valence-corrected chi connectivity index (χ2v) is 4.41. The lowest BCUT2D eigenvalue weighted by molar-refractivity contribution is 0.1000. The molecule has 0 heterocycles. The number of hydrogen-bond donors (Lipinski definition) is 2. The minimum atomic E-state index is -0.367. The maximum Gasteiger partial charge on any atom is 0.249 e. The van der Waals surface area contributed by atoms with Gasteiger partial charge in [0.2, 0.25) is 5.91 Å². The number of primary amides is 1. The molecule has 0 aliphatic rings. The summed E-state index contributed by atoms with van der Waals surface area (Å²) in [4.78, 5) is 11.2. The molecule has 1 rings (SSSR count). The van der Waals surface area contributed by atoms with Gasteiger partial charge in [-0.15, -0.1) is 0 Å². The molecule has 94 valence electrons. The Hall–Kier alpha value is -1.51. The van der Waals surface area contributed by atoms with Crippen LogP contribution in [0.5, 0.6) is 0 Å². The van der Waals surface area contributed by atoms with E-state index in [1.54, 1.807) is 6.07 Å². The molecule has 1 aromatic rings. The lowest BCUT2D eigenvalue weighted by Gasteiger charge is -2.16. The van der Waals surface area contributed by atoms with E-state index in [0.717, 1.165) is 30.6 Å². The van der Waals surface area contributed by atoms with E-state index in [-0.39, 0.29) is 5.91 Å². The first-order valence-electron chi connectivity index (χ1n) is 6.23. The summed E-state index contributed by atoms with van der Waals surface area (Å²) in [6.07, 6.45) is 2.33. The summed E-state index contributed by atoms with van der Waals surface area (Å²) in [6.45, 7) is 7.26. The van der Waals surface area contributed by atoms with Crippen LogP contribution in [-0.4, -0.2) is 12.5 Å². The maximum absolute atomic E-state index is 11.2. The van der Waals surface area contributed by atoms with Gasteiger partial charge in [0.05, 0.1) is 0 Å². The summed E-state index contributed by atoms with van der Waals surface area (Å²) in [6, 6.07) is 5.62. The van der Waals surface area contributed by atoms with Crippen LogP contribution in [0, 0.1) is 12.8 Å². The van der Waals surface area contributed by atoms with Gasteiger partial charge in [-0.1, -0.05) is 32.8 Å². The Morgan fingerprint density at radius 3 is 2.53 bits per heavy atom. The molecule has 0 unspecified atom stereocenters. The number of nitrogens with one attached hydrogen (secondary N) is 1. The monoisotopic (exact) mass is 234 g/mol. The van der Waals surface area contributed by atoms with Gasteiger partial charge in [-0.2, -0.15) is 0 Å². The van der Waals surface area contributed by atoms with Crippen LogP contribution in [0.25, 0.3) is 0 Å². The third kappa shape index (κ3) is 3.48. The van der Waals surface area contributed by atoms with Crippen LogP contribution in [0.1, 0.15) is 42.6 Å². The number of carbonyl (C=O) groups is 1. The van der Waals surface area contributed by atoms with Crippen LogP contribution in [0.3, 0.4) is 0 Å². The second-order valence-electron chi connectivity index (χ2n) is 4.41. The highest BCUT2D eigenvalue weighted by Gasteiger charge is 2.09. The second kappa shape index (κ2) is 6.28. The average molecular weight is 234 g/mol. The number of amides is 1. The predicted octanol–water partition coefficient (Wildman–Crippen LogP) is 2.94. The summed E-state index contributed by atoms with van der Waals surface area (Å²) in [5.74, 6) is 0.306. The van der Waals surface area contributed by atoms with Gasteiger partial charge in [-0.05, 0) is 30.5 Å². The first kappa shape index (κ1) is 13.6. The van der Waals surface area contributed by atoms with Crippen LogP contribution in [0.4, 0.5) is 5.69 Å². The molecule has 0 aromatic heterocycles. The van der Waals surface area contributed by atoms with Crippen molar-refractivity contribution in [2.45, 2.75) is 33.6 Å². The highest BCUT2D eigenvalue weighted by molar-refractivity contribution is 5.95. The van der Waals surface area contributed by atoms with Crippen molar-refractivity contribution in [2.75, 3.05) is 11.9 Å². The standard InChI is InChI=1S/C14H22N2O/c1-4-11(5-2)9-16-13-8-6-7-12(10(13)3)14(15)17/h6-8,11,16H,4-5,9H2,1-3H3,(H2,15,17). The Morgan fingerprint density at radius 1 is 1.35 bits per heavy atom. The average Bonchev–Trinajstić information content (AvgIpc) is 2.32. The van der Waals surface area contributed by atoms with Gasteiger partial charge >= 0.3 is 0 Å². The van der Waals surface area contributed by atoms with Gasteiger partial charge < -0.3 is 11.1 Å². The normalized spacial score (nSPS) is 10.6. The van der Waals surface area contributed by atoms with Crippen LogP contribution < -0.4 is 11.1 Å². The molecular weight excluding hydrogens is 212 g/mol. The van der Waals surface area contributed by atoms with E-state index in [4.69, 9.17) is 5.73 Å². The molecule has 0 bridgehead atoms. The molecule has 0 radical (unpaired) electrons. The number of nitrogens with two attached hydrogens (primary N) is 1. The summed E-state index contributed by atoms with van der Waals surface area (Å²) < 4.78 is 0. The molecule has 0 atom stereocenters. The van der Waals surface area contributed by atoms with Crippen molar-refractivity contribution in [3.8, 4) is 0 Å². The molecule has 0 aliphatic carbocycles. The third-order valence-corrected chi connectivity index (χ3v) is 3.34. The summed E-state index contributed by atoms with van der Waals surface area (Å²) in [5, 5.41) is 3.40. The first-order chi connectivity index (χ1) is 8.10. The molecule has 3 heteroatoms. The Balaban J connectivity index is 2.78. The lowest BCUT2D eigenvalue weighted by atomic mass is 10.0. The predicted molar refractivity (Wildman–Crippen MR) is 72.3 cm³/mol. The van der Waals surface area contributed by atoms with Crippen molar-refractivity contribution in [1.29, 1.82) is 0 Å². The van der Waals surface area contributed by atoms with E-state index in [0.29, 0.717) is 11.5 Å². The molecule has 3 nitrogen and oxygen atoms in total. The Bertz CT molecular complexity index is 384. The number of anilines is 1. The molecule has 0 saturated heterocycles. The van der Waals surface area contributed by atoms with Crippen molar-refractivity contribution in [1.82, 2.24) is 0 Å². The fraction of sp³-hybridized carbons (Fsp3) is 0.500. The zero-order valence-electron chi connectivity index (χ0n) is 10.9. The molecule has 3 N–H and O–H groups in total. The summed E-state index contributed by atoms with van der Waals surface area (Å²) in [5.41, 5.74) is 7.87. The highest BCUT2D eigenvalue weighted by Crippen LogP contribution is 2.19. The molecule has 0 spiro atoms. The fourth-order valence-corrected chi connectivity index (χ4v) is 1.93. The molecule has 0 aliphatic heterocycles. The van der Waals surface area contributed by atoms with Gasteiger partial charge in [0.25, 0.3) is 0 Å². The Morgan fingerprint density at radius 2 is 2.00 bits per heavy atom. The van der Waals surface area contributed by atoms with E-state index in [1.165, 1.54) is 0 Å². The van der Waals surface area contributed by atoms with Crippen LogP contribution in [0.15, 0.2) is 18.2 Å². The third-order valence-electron chi connectivity index (χ3n) is 3.34. The van der Waals surface area contributed by atoms with Crippen molar-refractivity contribution >= 4 is 11.6 Å². The topological polar surface area (TPSA) is 55.1 Å². The van der Waals surface area contributed by atoms with Gasteiger partial charge in [-0.25, -0.2) is 0 Å². The Labute approximate surface area is 103 Å². The van der Waals surface area contributed by atoms with Crippen molar-refractivity contribution < 1.29 is 4.79 Å². The first-order valence-corrected chi connectivity index (χ1v) is 6.23. The fourth-order valence-electron chi connectivity index (χ4n) is 1.93. The smallest absolute Gasteiger partial charge is 0.249 e. The van der Waals surface area contributed by atoms with Crippen molar-refractivity contribution in [3.05, 3.63) is 29.3 Å². The van der Waals surface area contributed by atoms with Crippen molar-refractivity contribution in [3.63, 3.8) is 0 Å². The zero-order chi connectivity index (χ0) is 12.8. The van der Waals surface area contributed by atoms with Crippen LogP contribution >= 0.6 is 0 Å². The largest absolute Gasteiger partial charge is 0.385 e. The lowest BCUT2D eigenvalue weighted by Crippen LogP contribution is -2.16. The number of benzene rings is 1. The van der Waals surface area contributed by atoms with E-state index in [9.17, 15) is 4.79 Å². The summed E-state index contributed by atoms with van der Waals surface area (Å²) in [7, 11) is 0. The van der Waals surface area contributed by atoms with E-state index in [2.05, 4.69) is 19.2 Å². The highest BCUT2D eigenvalue weighted by atomic mass is 16.1. The molecule has 0 fully saturated rings. The van der Waals surface area contributed by atoms with E-state index in [1.807, 2.05) is 19.1 Å². The van der Waals surface area contributed by atoms with Gasteiger partial charge in [-0.3, -0.25) is 4.79 Å². The minimum absolute atomic E-state index is 0.367. The SMILES string of the molecule is CCC(CC)CNc1cccc(C(N)=O)c1C. The quantitative estimate of drug-likeness (QED) is 0.795. The van der Waals surface area contributed by atoms with Gasteiger partial charge in [0.15, 0.2) is 0 Å². The van der Waals surface area contributed by atoms with Gasteiger partial charge in [0, 0.05) is 17.8 Å². The molecule has 17 heavy (non-hydrogen) atoms. The van der Waals surface area contributed by atoms with E-state index >= 15 is 0 Å². The Kier molecular flexibility index (Phi) is 5.01. The van der Waals surface area contributed by atoms with Crippen LogP contribution in [0.2, 0.25) is 0 Å². The molecule has 1 amide bonds. The number of rotatable bonds is 6. The van der Waals surface area contributed by atoms with Crippen LogP contribution in [-0.2, 0) is 0 Å². The summed E-state index contributed by atoms with van der Waals surface area (Å²) >= 11 is 0. The number of hydrogen-bond acceptors (Lipinski definition) is 2. The van der Waals surface area contributed by atoms with Gasteiger partial charge in [0.1, 0.15) is 0 Å². The van der Waals surface area contributed by atoms with Crippen molar-refractivity contribution in [2.24, 2.45) is 11.7 Å².